The first kappa shape index (κ1) is 21.4. The first-order chi connectivity index (χ1) is 12.5. The molecule has 0 saturated heterocycles. The maximum Gasteiger partial charge on any atom is 0.341 e. The molecule has 0 saturated carbocycles. The van der Waals surface area contributed by atoms with Crippen molar-refractivity contribution in [3.63, 3.8) is 0 Å². The molecule has 0 aliphatic carbocycles. The molecule has 0 aromatic carbocycles. The number of hydrogen-bond acceptors (Lipinski definition) is 7. The second-order valence-corrected chi connectivity index (χ2v) is 8.73. The second-order valence-electron chi connectivity index (χ2n) is 7.71. The fraction of sp³-hybridized carbons (Fsp3) is 0.632. The molecule has 0 radical (unpaired) electrons. The van der Waals surface area contributed by atoms with Crippen molar-refractivity contribution >= 4 is 34.2 Å². The molecule has 8 heteroatoms. The highest BCUT2D eigenvalue weighted by atomic mass is 32.1. The van der Waals surface area contributed by atoms with Crippen LogP contribution in [0.4, 0.5) is 5.00 Å². The number of hydrogen-bond donors (Lipinski definition) is 2. The number of esters is 2. The fourth-order valence-electron chi connectivity index (χ4n) is 3.45. The molecule has 0 fully saturated rings. The standard InChI is InChI=1S/C19H28N2O5S/c1-7-13(23)26-10-12(22)20-16-14(17(24)25-8-2)11-9-18(3,4)21-19(5,6)15(11)27-16/h21H,7-10H2,1-6H3,(H,20,22). The number of carbonyl (C=O) groups is 3. The number of thiophene rings is 1. The zero-order valence-electron chi connectivity index (χ0n) is 16.8. The quantitative estimate of drug-likeness (QED) is 0.718. The number of ether oxygens (including phenoxy) is 2. The molecule has 0 bridgehead atoms. The monoisotopic (exact) mass is 396 g/mol. The van der Waals surface area contributed by atoms with Crippen molar-refractivity contribution < 1.29 is 23.9 Å². The average molecular weight is 397 g/mol. The third-order valence-corrected chi connectivity index (χ3v) is 5.70. The summed E-state index contributed by atoms with van der Waals surface area (Å²) in [5, 5.41) is 6.74. The predicted molar refractivity (Wildman–Crippen MR) is 104 cm³/mol. The highest BCUT2D eigenvalue weighted by Gasteiger charge is 2.42. The van der Waals surface area contributed by atoms with Gasteiger partial charge in [-0.05, 0) is 46.6 Å². The van der Waals surface area contributed by atoms with Gasteiger partial charge in [0.25, 0.3) is 5.91 Å². The minimum absolute atomic E-state index is 0.198. The van der Waals surface area contributed by atoms with Crippen LogP contribution in [-0.4, -0.2) is 36.6 Å². The van der Waals surface area contributed by atoms with Crippen LogP contribution in [-0.2, 0) is 31.0 Å². The van der Waals surface area contributed by atoms with E-state index in [0.717, 1.165) is 10.4 Å². The Morgan fingerprint density at radius 3 is 2.41 bits per heavy atom. The highest BCUT2D eigenvalue weighted by Crippen LogP contribution is 2.45. The zero-order valence-corrected chi connectivity index (χ0v) is 17.6. The Hall–Kier alpha value is -1.93. The lowest BCUT2D eigenvalue weighted by Gasteiger charge is -2.42. The topological polar surface area (TPSA) is 93.7 Å². The summed E-state index contributed by atoms with van der Waals surface area (Å²) in [5.74, 6) is -1.39. The molecular weight excluding hydrogens is 368 g/mol. The van der Waals surface area contributed by atoms with Gasteiger partial charge in [-0.2, -0.15) is 0 Å². The van der Waals surface area contributed by atoms with Crippen molar-refractivity contribution in [1.82, 2.24) is 5.32 Å². The molecule has 27 heavy (non-hydrogen) atoms. The summed E-state index contributed by atoms with van der Waals surface area (Å²) < 4.78 is 10.1. The summed E-state index contributed by atoms with van der Waals surface area (Å²) in [6, 6.07) is 0. The van der Waals surface area contributed by atoms with Gasteiger partial charge in [0.15, 0.2) is 6.61 Å². The Labute approximate surface area is 163 Å². The molecule has 0 atom stereocenters. The molecule has 1 aliphatic rings. The summed E-state index contributed by atoms with van der Waals surface area (Å²) >= 11 is 1.36. The van der Waals surface area contributed by atoms with Crippen molar-refractivity contribution in [2.75, 3.05) is 18.5 Å². The number of rotatable bonds is 6. The van der Waals surface area contributed by atoms with E-state index < -0.39 is 17.8 Å². The van der Waals surface area contributed by atoms with E-state index in [2.05, 4.69) is 24.5 Å². The van der Waals surface area contributed by atoms with Crippen LogP contribution in [0.1, 0.15) is 68.8 Å². The molecule has 1 aromatic rings. The second kappa shape index (κ2) is 7.98. The van der Waals surface area contributed by atoms with Crippen LogP contribution in [0.15, 0.2) is 0 Å². The van der Waals surface area contributed by atoms with Crippen molar-refractivity contribution in [2.24, 2.45) is 0 Å². The van der Waals surface area contributed by atoms with Crippen molar-refractivity contribution in [2.45, 2.75) is 65.5 Å². The van der Waals surface area contributed by atoms with Crippen LogP contribution in [0.25, 0.3) is 0 Å². The zero-order chi connectivity index (χ0) is 20.4. The van der Waals surface area contributed by atoms with Crippen LogP contribution >= 0.6 is 11.3 Å². The molecule has 150 valence electrons. The Morgan fingerprint density at radius 1 is 1.15 bits per heavy atom. The molecular formula is C19H28N2O5S. The van der Waals surface area contributed by atoms with E-state index >= 15 is 0 Å². The van der Waals surface area contributed by atoms with Crippen LogP contribution in [0.5, 0.6) is 0 Å². The van der Waals surface area contributed by atoms with Crippen molar-refractivity contribution in [1.29, 1.82) is 0 Å². The Bertz CT molecular complexity index is 752. The van der Waals surface area contributed by atoms with Gasteiger partial charge in [-0.1, -0.05) is 6.92 Å². The van der Waals surface area contributed by atoms with E-state index in [1.807, 2.05) is 13.8 Å². The van der Waals surface area contributed by atoms with Gasteiger partial charge in [0.2, 0.25) is 0 Å². The van der Waals surface area contributed by atoms with Crippen LogP contribution in [0.2, 0.25) is 0 Å². The maximum absolute atomic E-state index is 12.6. The molecule has 1 aromatic heterocycles. The summed E-state index contributed by atoms with van der Waals surface area (Å²) in [6.45, 7) is 11.5. The van der Waals surface area contributed by atoms with Gasteiger partial charge in [0.1, 0.15) is 5.00 Å². The number of amides is 1. The third-order valence-electron chi connectivity index (χ3n) is 4.23. The smallest absolute Gasteiger partial charge is 0.341 e. The Morgan fingerprint density at radius 2 is 1.81 bits per heavy atom. The first-order valence-electron chi connectivity index (χ1n) is 9.08. The molecule has 2 heterocycles. The number of anilines is 1. The molecule has 1 amide bonds. The summed E-state index contributed by atoms with van der Waals surface area (Å²) in [7, 11) is 0. The Balaban J connectivity index is 2.40. The van der Waals surface area contributed by atoms with Gasteiger partial charge in [0, 0.05) is 22.4 Å². The molecule has 0 unspecified atom stereocenters. The molecule has 2 N–H and O–H groups in total. The summed E-state index contributed by atoms with van der Waals surface area (Å²) in [4.78, 5) is 37.1. The lowest BCUT2D eigenvalue weighted by Crippen LogP contribution is -2.55. The number of nitrogens with one attached hydrogen (secondary N) is 2. The van der Waals surface area contributed by atoms with Crippen LogP contribution in [0.3, 0.4) is 0 Å². The van der Waals surface area contributed by atoms with E-state index in [4.69, 9.17) is 9.47 Å². The van der Waals surface area contributed by atoms with E-state index in [9.17, 15) is 14.4 Å². The number of carbonyl (C=O) groups excluding carboxylic acids is 3. The molecule has 1 aliphatic heterocycles. The normalized spacial score (nSPS) is 17.0. The molecule has 2 rings (SSSR count). The first-order valence-corrected chi connectivity index (χ1v) is 9.90. The van der Waals surface area contributed by atoms with E-state index in [-0.39, 0.29) is 30.7 Å². The predicted octanol–water partition coefficient (Wildman–Crippen LogP) is 2.98. The molecule has 7 nitrogen and oxygen atoms in total. The average Bonchev–Trinajstić information content (AvgIpc) is 2.89. The fourth-order valence-corrected chi connectivity index (χ4v) is 4.73. The van der Waals surface area contributed by atoms with E-state index in [1.165, 1.54) is 11.3 Å². The maximum atomic E-state index is 12.6. The summed E-state index contributed by atoms with van der Waals surface area (Å²) in [6.07, 6.45) is 0.834. The SMILES string of the molecule is CCOC(=O)c1c(NC(=O)COC(=O)CC)sc2c1CC(C)(C)NC2(C)C. The van der Waals surface area contributed by atoms with Crippen LogP contribution in [0, 0.1) is 0 Å². The highest BCUT2D eigenvalue weighted by molar-refractivity contribution is 7.17. The lowest BCUT2D eigenvalue weighted by atomic mass is 9.81. The van der Waals surface area contributed by atoms with Crippen LogP contribution < -0.4 is 10.6 Å². The van der Waals surface area contributed by atoms with Gasteiger partial charge in [0.05, 0.1) is 12.2 Å². The van der Waals surface area contributed by atoms with E-state index in [1.54, 1.807) is 13.8 Å². The minimum Gasteiger partial charge on any atom is -0.462 e. The minimum atomic E-state index is -0.481. The van der Waals surface area contributed by atoms with Gasteiger partial charge in [-0.25, -0.2) is 4.79 Å². The number of fused-ring (bicyclic) bond motifs is 1. The Kier molecular flexibility index (Phi) is 6.32. The third kappa shape index (κ3) is 4.87. The van der Waals surface area contributed by atoms with Gasteiger partial charge < -0.3 is 20.1 Å². The molecule has 0 spiro atoms. The van der Waals surface area contributed by atoms with Gasteiger partial charge in [-0.15, -0.1) is 11.3 Å². The van der Waals surface area contributed by atoms with E-state index in [0.29, 0.717) is 17.0 Å². The summed E-state index contributed by atoms with van der Waals surface area (Å²) in [5.41, 5.74) is 0.722. The lowest BCUT2D eigenvalue weighted by molar-refractivity contribution is -0.146. The van der Waals surface area contributed by atoms with Gasteiger partial charge in [-0.3, -0.25) is 9.59 Å². The van der Waals surface area contributed by atoms with Crippen molar-refractivity contribution in [3.05, 3.63) is 16.0 Å². The largest absolute Gasteiger partial charge is 0.462 e. The van der Waals surface area contributed by atoms with Gasteiger partial charge >= 0.3 is 11.9 Å². The van der Waals surface area contributed by atoms with Crippen molar-refractivity contribution in [3.8, 4) is 0 Å².